The van der Waals surface area contributed by atoms with E-state index in [2.05, 4.69) is 23.5 Å². The van der Waals surface area contributed by atoms with Gasteiger partial charge in [0, 0.05) is 26.6 Å². The number of piperazine rings is 1. The number of nitrogens with one attached hydrogen (secondary N) is 1. The first kappa shape index (κ1) is 29.5. The van der Waals surface area contributed by atoms with Crippen LogP contribution in [0.5, 0.6) is 0 Å². The van der Waals surface area contributed by atoms with Gasteiger partial charge in [-0.3, -0.25) is 9.59 Å². The quantitative estimate of drug-likeness (QED) is 0.535. The van der Waals surface area contributed by atoms with Crippen LogP contribution in [0.1, 0.15) is 37.8 Å². The molecule has 0 bridgehead atoms. The zero-order valence-electron chi connectivity index (χ0n) is 24.6. The van der Waals surface area contributed by atoms with Crippen molar-refractivity contribution in [2.75, 3.05) is 26.7 Å². The molecule has 42 heavy (non-hydrogen) atoms. The van der Waals surface area contributed by atoms with Gasteiger partial charge in [-0.2, -0.15) is 0 Å². The van der Waals surface area contributed by atoms with E-state index in [9.17, 15) is 18.8 Å². The van der Waals surface area contributed by atoms with Crippen LogP contribution in [0.15, 0.2) is 78.4 Å². The second kappa shape index (κ2) is 12.9. The van der Waals surface area contributed by atoms with Crippen molar-refractivity contribution in [2.45, 2.75) is 51.9 Å². The number of carbonyl (C=O) groups excluding carboxylic acids is 3. The third-order valence-electron chi connectivity index (χ3n) is 8.32. The second-order valence-corrected chi connectivity index (χ2v) is 11.1. The molecule has 2 unspecified atom stereocenters. The lowest BCUT2D eigenvalue weighted by Gasteiger charge is -2.54. The molecule has 4 atom stereocenters. The molecule has 2 aliphatic heterocycles. The van der Waals surface area contributed by atoms with E-state index in [1.807, 2.05) is 44.2 Å². The highest BCUT2D eigenvalue weighted by Crippen LogP contribution is 2.45. The van der Waals surface area contributed by atoms with E-state index in [1.54, 1.807) is 39.0 Å². The molecule has 4 aliphatic rings. The molecule has 2 heterocycles. The average molecular weight is 574 g/mol. The van der Waals surface area contributed by atoms with Gasteiger partial charge in [0.1, 0.15) is 18.0 Å². The first-order valence-corrected chi connectivity index (χ1v) is 14.9. The highest BCUT2D eigenvalue weighted by Gasteiger charge is 2.51. The van der Waals surface area contributed by atoms with E-state index in [1.165, 1.54) is 12.1 Å². The summed E-state index contributed by atoms with van der Waals surface area (Å²) in [4.78, 5) is 44.4. The van der Waals surface area contributed by atoms with Crippen LogP contribution in [0.25, 0.3) is 0 Å². The lowest BCUT2D eigenvalue weighted by atomic mass is 9.95. The Morgan fingerprint density at radius 1 is 1.00 bits per heavy atom. The summed E-state index contributed by atoms with van der Waals surface area (Å²) in [6.07, 6.45) is 8.14. The number of benzene rings is 2. The van der Waals surface area contributed by atoms with Gasteiger partial charge >= 0.3 is 6.03 Å². The molecular formula is C33H40FN5O3. The van der Waals surface area contributed by atoms with Crippen LogP contribution in [0.4, 0.5) is 9.18 Å². The molecule has 1 N–H and O–H groups in total. The molecule has 222 valence electrons. The molecule has 6 rings (SSSR count). The normalized spacial score (nSPS) is 24.8. The Morgan fingerprint density at radius 2 is 1.74 bits per heavy atom. The fourth-order valence-corrected chi connectivity index (χ4v) is 6.06. The molecule has 8 nitrogen and oxygen atoms in total. The van der Waals surface area contributed by atoms with E-state index < -0.39 is 12.2 Å². The van der Waals surface area contributed by atoms with Crippen LogP contribution >= 0.6 is 0 Å². The topological polar surface area (TPSA) is 76.2 Å². The van der Waals surface area contributed by atoms with E-state index in [4.69, 9.17) is 0 Å². The van der Waals surface area contributed by atoms with Crippen molar-refractivity contribution in [3.8, 4) is 0 Å². The average Bonchev–Trinajstić information content (AvgIpc) is 3.78. The van der Waals surface area contributed by atoms with Gasteiger partial charge < -0.3 is 15.1 Å². The van der Waals surface area contributed by atoms with Gasteiger partial charge in [0.2, 0.25) is 11.8 Å². The number of amides is 4. The van der Waals surface area contributed by atoms with Crippen LogP contribution < -0.4 is 5.32 Å². The molecule has 9 heteroatoms. The van der Waals surface area contributed by atoms with E-state index in [0.717, 1.165) is 23.1 Å². The fraction of sp³-hybridized carbons (Fsp3) is 0.424. The Balaban J connectivity index is 0.00000173. The number of likely N-dealkylation sites (N-methyl/N-ethyl adjacent to an activating group) is 1. The summed E-state index contributed by atoms with van der Waals surface area (Å²) in [5.74, 6) is 0.547. The summed E-state index contributed by atoms with van der Waals surface area (Å²) in [5, 5.41) is 6.10. The molecule has 0 spiro atoms. The zero-order valence-corrected chi connectivity index (χ0v) is 24.6. The standard InChI is InChI=1S/C31H34FN5O3.C2H6/c1-34-20-29(38)36-27(16-23-7-10-24-17-25(24)15-23)30(39)35(14-13-21-5-3-2-4-6-21)19-28(36)37(34)31(40)33-18-22-8-11-26(32)12-9-22;1-2/h2-12,15,24-25,27-28H,13-14,16-20H2,1H3,(H,33,40);1-2H3/t24?,25?,27-,28-;/m0./s1. The van der Waals surface area contributed by atoms with Crippen LogP contribution in [0, 0.1) is 17.7 Å². The SMILES string of the molecule is CC.CN1CC(=O)N2[C@@H](CC3=CC4CC4C=C3)C(=O)N(CCc3ccccc3)C[C@@H]2N1C(=O)NCc1ccc(F)cc1. The third kappa shape index (κ3) is 6.41. The number of carbonyl (C=O) groups is 3. The Bertz CT molecular complexity index is 1350. The first-order chi connectivity index (χ1) is 20.4. The minimum atomic E-state index is -0.686. The number of hydrogen-bond acceptors (Lipinski definition) is 4. The van der Waals surface area contributed by atoms with Crippen molar-refractivity contribution in [1.82, 2.24) is 25.1 Å². The van der Waals surface area contributed by atoms with Gasteiger partial charge in [-0.15, -0.1) is 0 Å². The largest absolute Gasteiger partial charge is 0.337 e. The number of hydrogen-bond donors (Lipinski definition) is 1. The zero-order chi connectivity index (χ0) is 29.8. The van der Waals surface area contributed by atoms with Gasteiger partial charge in [-0.25, -0.2) is 19.2 Å². The molecule has 3 fully saturated rings. The number of nitrogens with zero attached hydrogens (tertiary/aromatic N) is 4. The molecule has 0 radical (unpaired) electrons. The number of rotatable bonds is 7. The minimum absolute atomic E-state index is 0.00610. The number of urea groups is 1. The minimum Gasteiger partial charge on any atom is -0.337 e. The van der Waals surface area contributed by atoms with Crippen molar-refractivity contribution in [3.05, 3.63) is 95.3 Å². The van der Waals surface area contributed by atoms with E-state index >= 15 is 0 Å². The molecule has 2 aromatic rings. The predicted molar refractivity (Wildman–Crippen MR) is 159 cm³/mol. The highest BCUT2D eigenvalue weighted by atomic mass is 19.1. The maximum absolute atomic E-state index is 13.9. The molecule has 2 aliphatic carbocycles. The Hall–Kier alpha value is -3.98. The number of allylic oxidation sites excluding steroid dienone is 3. The van der Waals surface area contributed by atoms with Gasteiger partial charge in [0.25, 0.3) is 0 Å². The molecule has 2 aromatic carbocycles. The summed E-state index contributed by atoms with van der Waals surface area (Å²) in [6.45, 7) is 4.92. The summed E-state index contributed by atoms with van der Waals surface area (Å²) in [6, 6.07) is 14.9. The Morgan fingerprint density at radius 3 is 2.45 bits per heavy atom. The highest BCUT2D eigenvalue weighted by molar-refractivity contribution is 5.91. The van der Waals surface area contributed by atoms with Crippen molar-refractivity contribution in [3.63, 3.8) is 0 Å². The van der Waals surface area contributed by atoms with Gasteiger partial charge in [-0.05, 0) is 53.5 Å². The van der Waals surface area contributed by atoms with E-state index in [0.29, 0.717) is 31.2 Å². The van der Waals surface area contributed by atoms with Crippen LogP contribution in [0.2, 0.25) is 0 Å². The number of halogens is 1. The predicted octanol–water partition coefficient (Wildman–Crippen LogP) is 4.35. The van der Waals surface area contributed by atoms with Gasteiger partial charge in [-0.1, -0.05) is 74.5 Å². The van der Waals surface area contributed by atoms with E-state index in [-0.39, 0.29) is 43.3 Å². The number of hydrazine groups is 1. The summed E-state index contributed by atoms with van der Waals surface area (Å²) in [5.41, 5.74) is 2.95. The maximum Gasteiger partial charge on any atom is 0.334 e. The third-order valence-corrected chi connectivity index (χ3v) is 8.32. The smallest absolute Gasteiger partial charge is 0.334 e. The molecule has 4 amide bonds. The summed E-state index contributed by atoms with van der Waals surface area (Å²) >= 11 is 0. The van der Waals surface area contributed by atoms with Crippen molar-refractivity contribution in [1.29, 1.82) is 0 Å². The van der Waals surface area contributed by atoms with Crippen LogP contribution in [-0.4, -0.2) is 76.6 Å². The van der Waals surface area contributed by atoms with Crippen molar-refractivity contribution in [2.24, 2.45) is 11.8 Å². The molecule has 1 saturated carbocycles. The monoisotopic (exact) mass is 573 g/mol. The van der Waals surface area contributed by atoms with Crippen molar-refractivity contribution < 1.29 is 18.8 Å². The van der Waals surface area contributed by atoms with Crippen LogP contribution in [0.3, 0.4) is 0 Å². The lowest BCUT2D eigenvalue weighted by molar-refractivity contribution is -0.186. The summed E-state index contributed by atoms with van der Waals surface area (Å²) < 4.78 is 13.3. The van der Waals surface area contributed by atoms with Crippen molar-refractivity contribution >= 4 is 17.8 Å². The van der Waals surface area contributed by atoms with Gasteiger partial charge in [0.15, 0.2) is 0 Å². The molecule has 0 aromatic heterocycles. The second-order valence-electron chi connectivity index (χ2n) is 11.1. The van der Waals surface area contributed by atoms with Crippen LogP contribution in [-0.2, 0) is 22.6 Å². The first-order valence-electron chi connectivity index (χ1n) is 14.9. The Labute approximate surface area is 247 Å². The summed E-state index contributed by atoms with van der Waals surface area (Å²) in [7, 11) is 1.71. The Kier molecular flexibility index (Phi) is 9.06. The van der Waals surface area contributed by atoms with Gasteiger partial charge in [0.05, 0.1) is 13.1 Å². The molecule has 2 saturated heterocycles. The fourth-order valence-electron chi connectivity index (χ4n) is 6.06. The lowest BCUT2D eigenvalue weighted by Crippen LogP contribution is -2.76. The molecular weight excluding hydrogens is 533 g/mol. The number of fused-ring (bicyclic) bond motifs is 2. The maximum atomic E-state index is 13.9.